The predicted molar refractivity (Wildman–Crippen MR) is 84.3 cm³/mol. The Labute approximate surface area is 127 Å². The molecule has 116 valence electrons. The molecule has 21 heavy (non-hydrogen) atoms. The molecule has 0 saturated heterocycles. The zero-order chi connectivity index (χ0) is 15.3. The molecule has 1 aromatic rings. The lowest BCUT2D eigenvalue weighted by Crippen LogP contribution is -2.50. The Bertz CT molecular complexity index is 435. The van der Waals surface area contributed by atoms with E-state index in [2.05, 4.69) is 6.58 Å². The van der Waals surface area contributed by atoms with Crippen LogP contribution in [0.3, 0.4) is 0 Å². The van der Waals surface area contributed by atoms with Crippen molar-refractivity contribution in [3.05, 3.63) is 43.0 Å². The quantitative estimate of drug-likeness (QED) is 0.790. The van der Waals surface area contributed by atoms with Gasteiger partial charge in [-0.3, -0.25) is 0 Å². The van der Waals surface area contributed by atoms with Crippen LogP contribution in [0.25, 0.3) is 0 Å². The van der Waals surface area contributed by atoms with Gasteiger partial charge in [-0.1, -0.05) is 43.5 Å². The minimum Gasteiger partial charge on any atom is -0.487 e. The summed E-state index contributed by atoms with van der Waals surface area (Å²) in [6.45, 7) is 5.58. The Hall–Kier alpha value is -1.32. The molecule has 2 N–H and O–H groups in total. The van der Waals surface area contributed by atoms with E-state index in [1.807, 2.05) is 30.3 Å². The molecule has 3 heteroatoms. The first-order valence-corrected chi connectivity index (χ1v) is 7.81. The van der Waals surface area contributed by atoms with Gasteiger partial charge < -0.3 is 14.9 Å². The topological polar surface area (TPSA) is 49.7 Å². The molecule has 1 aliphatic carbocycles. The van der Waals surface area contributed by atoms with Gasteiger partial charge in [0.1, 0.15) is 11.9 Å². The molecule has 1 aliphatic rings. The maximum atomic E-state index is 11.0. The van der Waals surface area contributed by atoms with Crippen LogP contribution in [0.1, 0.15) is 39.0 Å². The van der Waals surface area contributed by atoms with Crippen molar-refractivity contribution in [2.75, 3.05) is 0 Å². The van der Waals surface area contributed by atoms with E-state index < -0.39 is 17.8 Å². The molecule has 0 bridgehead atoms. The van der Waals surface area contributed by atoms with Gasteiger partial charge >= 0.3 is 0 Å². The van der Waals surface area contributed by atoms with Crippen LogP contribution < -0.4 is 4.74 Å². The number of para-hydroxylation sites is 1. The number of hydrogen-bond acceptors (Lipinski definition) is 3. The lowest BCUT2D eigenvalue weighted by molar-refractivity contribution is -0.0934. The standard InChI is InChI=1S/C18H26O3/c1-3-16(18(20)12-8-5-9-13-18)17(14(2)19)21-15-10-6-4-7-11-15/h3-4,6-7,10-11,14,16-17,19-20H,1,5,8-9,12-13H2,2H3. The maximum Gasteiger partial charge on any atom is 0.133 e. The fraction of sp³-hybridized carbons (Fsp3) is 0.556. The molecule has 0 radical (unpaired) electrons. The Morgan fingerprint density at radius 3 is 2.33 bits per heavy atom. The second-order valence-electron chi connectivity index (χ2n) is 6.06. The highest BCUT2D eigenvalue weighted by Crippen LogP contribution is 2.38. The highest BCUT2D eigenvalue weighted by molar-refractivity contribution is 5.22. The number of aliphatic hydroxyl groups is 2. The molecule has 3 nitrogen and oxygen atoms in total. The van der Waals surface area contributed by atoms with E-state index in [0.717, 1.165) is 32.1 Å². The van der Waals surface area contributed by atoms with Crippen LogP contribution in [0, 0.1) is 5.92 Å². The summed E-state index contributed by atoms with van der Waals surface area (Å²) in [4.78, 5) is 0. The van der Waals surface area contributed by atoms with Crippen molar-refractivity contribution < 1.29 is 14.9 Å². The second-order valence-corrected chi connectivity index (χ2v) is 6.06. The number of benzene rings is 1. The first kappa shape index (κ1) is 16.1. The third kappa shape index (κ3) is 3.86. The van der Waals surface area contributed by atoms with Gasteiger partial charge in [-0.05, 0) is 31.9 Å². The van der Waals surface area contributed by atoms with Crippen molar-refractivity contribution in [1.29, 1.82) is 0 Å². The number of ether oxygens (including phenoxy) is 1. The molecule has 0 aliphatic heterocycles. The summed E-state index contributed by atoms with van der Waals surface area (Å²) in [6, 6.07) is 9.43. The van der Waals surface area contributed by atoms with Crippen LogP contribution >= 0.6 is 0 Å². The van der Waals surface area contributed by atoms with Gasteiger partial charge in [0.15, 0.2) is 0 Å². The summed E-state index contributed by atoms with van der Waals surface area (Å²) in [5.74, 6) is 0.424. The van der Waals surface area contributed by atoms with E-state index in [4.69, 9.17) is 4.74 Å². The largest absolute Gasteiger partial charge is 0.487 e. The summed E-state index contributed by atoms with van der Waals surface area (Å²) in [5.41, 5.74) is -0.823. The maximum absolute atomic E-state index is 11.0. The van der Waals surface area contributed by atoms with E-state index >= 15 is 0 Å². The van der Waals surface area contributed by atoms with Crippen molar-refractivity contribution >= 4 is 0 Å². The monoisotopic (exact) mass is 290 g/mol. The predicted octanol–water partition coefficient (Wildman–Crippen LogP) is 3.31. The number of rotatable bonds is 6. The van der Waals surface area contributed by atoms with Crippen LogP contribution in [-0.2, 0) is 0 Å². The second kappa shape index (κ2) is 7.10. The molecule has 0 heterocycles. The first-order chi connectivity index (χ1) is 10.1. The average Bonchev–Trinajstić information content (AvgIpc) is 2.48. The summed E-state index contributed by atoms with van der Waals surface area (Å²) in [6.07, 6.45) is 5.23. The fourth-order valence-corrected chi connectivity index (χ4v) is 3.28. The van der Waals surface area contributed by atoms with Crippen LogP contribution in [-0.4, -0.2) is 28.0 Å². The van der Waals surface area contributed by atoms with E-state index in [0.29, 0.717) is 5.75 Å². The van der Waals surface area contributed by atoms with Gasteiger partial charge in [-0.25, -0.2) is 0 Å². The Morgan fingerprint density at radius 1 is 1.19 bits per heavy atom. The fourth-order valence-electron chi connectivity index (χ4n) is 3.28. The lowest BCUT2D eigenvalue weighted by Gasteiger charge is -2.42. The Kier molecular flexibility index (Phi) is 5.43. The van der Waals surface area contributed by atoms with Crippen LogP contribution in [0.4, 0.5) is 0 Å². The van der Waals surface area contributed by atoms with Gasteiger partial charge in [-0.2, -0.15) is 0 Å². The van der Waals surface area contributed by atoms with Crippen LogP contribution in [0.5, 0.6) is 5.75 Å². The molecular formula is C18H26O3. The third-order valence-corrected chi connectivity index (χ3v) is 4.44. The summed E-state index contributed by atoms with van der Waals surface area (Å²) in [5, 5.41) is 21.1. The molecule has 0 amide bonds. The van der Waals surface area contributed by atoms with Gasteiger partial charge in [0.25, 0.3) is 0 Å². The minimum atomic E-state index is -0.823. The zero-order valence-corrected chi connectivity index (χ0v) is 12.7. The van der Waals surface area contributed by atoms with Gasteiger partial charge in [-0.15, -0.1) is 6.58 Å². The number of hydrogen-bond donors (Lipinski definition) is 2. The minimum absolute atomic E-state index is 0.280. The molecule has 3 atom stereocenters. The summed E-state index contributed by atoms with van der Waals surface area (Å²) < 4.78 is 5.97. The lowest BCUT2D eigenvalue weighted by atomic mass is 9.72. The Balaban J connectivity index is 2.20. The molecule has 1 saturated carbocycles. The summed E-state index contributed by atoms with van der Waals surface area (Å²) >= 11 is 0. The Morgan fingerprint density at radius 2 is 1.81 bits per heavy atom. The highest BCUT2D eigenvalue weighted by Gasteiger charge is 2.43. The SMILES string of the molecule is C=CC(C(Oc1ccccc1)C(C)O)C1(O)CCCCC1. The molecule has 1 aromatic carbocycles. The molecule has 0 aromatic heterocycles. The smallest absolute Gasteiger partial charge is 0.133 e. The molecule has 0 spiro atoms. The van der Waals surface area contributed by atoms with Crippen molar-refractivity contribution in [1.82, 2.24) is 0 Å². The third-order valence-electron chi connectivity index (χ3n) is 4.44. The molecule has 1 fully saturated rings. The van der Waals surface area contributed by atoms with E-state index in [9.17, 15) is 10.2 Å². The summed E-state index contributed by atoms with van der Waals surface area (Å²) in [7, 11) is 0. The van der Waals surface area contributed by atoms with E-state index in [1.165, 1.54) is 0 Å². The van der Waals surface area contributed by atoms with Crippen molar-refractivity contribution in [2.45, 2.75) is 56.8 Å². The first-order valence-electron chi connectivity index (χ1n) is 7.81. The number of aliphatic hydroxyl groups excluding tert-OH is 1. The van der Waals surface area contributed by atoms with Gasteiger partial charge in [0.05, 0.1) is 11.7 Å². The zero-order valence-electron chi connectivity index (χ0n) is 12.7. The molecular weight excluding hydrogens is 264 g/mol. The van der Waals surface area contributed by atoms with Crippen molar-refractivity contribution in [3.8, 4) is 5.75 Å². The van der Waals surface area contributed by atoms with Crippen molar-refractivity contribution in [3.63, 3.8) is 0 Å². The molecule has 2 rings (SSSR count). The van der Waals surface area contributed by atoms with Crippen LogP contribution in [0.15, 0.2) is 43.0 Å². The van der Waals surface area contributed by atoms with Gasteiger partial charge in [0.2, 0.25) is 0 Å². The van der Waals surface area contributed by atoms with E-state index in [1.54, 1.807) is 13.0 Å². The molecule has 3 unspecified atom stereocenters. The van der Waals surface area contributed by atoms with Gasteiger partial charge in [0, 0.05) is 5.92 Å². The van der Waals surface area contributed by atoms with Crippen molar-refractivity contribution in [2.24, 2.45) is 5.92 Å². The highest BCUT2D eigenvalue weighted by atomic mass is 16.5. The normalized spacial score (nSPS) is 22.0. The van der Waals surface area contributed by atoms with Crippen LogP contribution in [0.2, 0.25) is 0 Å². The average molecular weight is 290 g/mol. The van der Waals surface area contributed by atoms with E-state index in [-0.39, 0.29) is 5.92 Å².